The second-order valence-corrected chi connectivity index (χ2v) is 17.6. The molecule has 358 valence electrons. The van der Waals surface area contributed by atoms with Crippen LogP contribution in [0.25, 0.3) is 0 Å². The molecule has 0 aromatic heterocycles. The molecule has 2 bridgehead atoms. The predicted molar refractivity (Wildman–Crippen MR) is 235 cm³/mol. The molecular formula is C47H75NO15. The van der Waals surface area contributed by atoms with Gasteiger partial charge in [0.25, 0.3) is 0 Å². The molecule has 0 aromatic carbocycles. The number of fused-ring (bicyclic) bond motifs is 2. The van der Waals surface area contributed by atoms with Crippen molar-refractivity contribution in [1.82, 2.24) is 0 Å². The Morgan fingerprint density at radius 1 is 0.603 bits per heavy atom. The highest BCUT2D eigenvalue weighted by Gasteiger charge is 2.47. The number of cyclic esters (lactones) is 1. The molecule has 63 heavy (non-hydrogen) atoms. The van der Waals surface area contributed by atoms with Gasteiger partial charge in [0.15, 0.2) is 12.1 Å². The largest absolute Gasteiger partial charge is 0.462 e. The molecule has 2 saturated heterocycles. The summed E-state index contributed by atoms with van der Waals surface area (Å²) in [4.78, 5) is 12.6. The van der Waals surface area contributed by atoms with Gasteiger partial charge in [0.2, 0.25) is 0 Å². The van der Waals surface area contributed by atoms with Crippen LogP contribution in [0.3, 0.4) is 0 Å². The van der Waals surface area contributed by atoms with E-state index in [4.69, 9.17) is 24.7 Å². The number of hydrogen-bond acceptors (Lipinski definition) is 16. The Balaban J connectivity index is 1.81. The van der Waals surface area contributed by atoms with Crippen molar-refractivity contribution in [3.63, 3.8) is 0 Å². The molecule has 0 radical (unpaired) electrons. The summed E-state index contributed by atoms with van der Waals surface area (Å²) in [7, 11) is 0. The Hall–Kier alpha value is -2.91. The molecule has 19 atom stereocenters. The molecule has 12 N–H and O–H groups in total. The number of rotatable bonds is 2. The molecule has 0 aromatic rings. The average Bonchev–Trinajstić information content (AvgIpc) is 3.21. The number of ether oxygens (including phenoxy) is 4. The van der Waals surface area contributed by atoms with Crippen molar-refractivity contribution in [2.75, 3.05) is 0 Å². The first-order chi connectivity index (χ1) is 29.7. The summed E-state index contributed by atoms with van der Waals surface area (Å²) in [6.07, 6.45) is 8.08. The summed E-state index contributed by atoms with van der Waals surface area (Å²) < 4.78 is 23.5. The number of carbonyl (C=O) groups is 1. The van der Waals surface area contributed by atoms with Crippen LogP contribution in [0.1, 0.15) is 86.0 Å². The van der Waals surface area contributed by atoms with E-state index < -0.39 is 128 Å². The molecule has 0 aliphatic carbocycles. The zero-order valence-corrected chi connectivity index (χ0v) is 37.2. The fourth-order valence-corrected chi connectivity index (χ4v) is 7.79. The number of nitrogens with two attached hydrogens (primary N) is 1. The van der Waals surface area contributed by atoms with Gasteiger partial charge in [-0.1, -0.05) is 106 Å². The van der Waals surface area contributed by atoms with Crippen molar-refractivity contribution in [3.8, 4) is 0 Å². The van der Waals surface area contributed by atoms with Crippen molar-refractivity contribution in [3.05, 3.63) is 85.1 Å². The van der Waals surface area contributed by atoms with Gasteiger partial charge in [0, 0.05) is 37.0 Å². The Labute approximate surface area is 372 Å². The fourth-order valence-electron chi connectivity index (χ4n) is 7.79. The highest BCUT2D eigenvalue weighted by atomic mass is 16.7. The summed E-state index contributed by atoms with van der Waals surface area (Å²) in [5.74, 6) is -4.01. The number of allylic oxidation sites excluding steroid dienone is 12. The molecule has 3 aliphatic heterocycles. The van der Waals surface area contributed by atoms with Crippen LogP contribution in [0.15, 0.2) is 85.1 Å². The quantitative estimate of drug-likeness (QED) is 0.176. The van der Waals surface area contributed by atoms with Gasteiger partial charge in [-0.05, 0) is 39.5 Å². The third-order valence-corrected chi connectivity index (χ3v) is 12.1. The third kappa shape index (κ3) is 18.5. The van der Waals surface area contributed by atoms with E-state index in [1.165, 1.54) is 0 Å². The fraction of sp³-hybridized carbons (Fsp3) is 0.681. The Morgan fingerprint density at radius 2 is 1.14 bits per heavy atom. The van der Waals surface area contributed by atoms with Crippen LogP contribution in [0.2, 0.25) is 0 Å². The molecule has 3 heterocycles. The van der Waals surface area contributed by atoms with E-state index in [-0.39, 0.29) is 44.4 Å². The van der Waals surface area contributed by atoms with Crippen LogP contribution in [-0.2, 0) is 23.7 Å². The van der Waals surface area contributed by atoms with Gasteiger partial charge >= 0.3 is 5.97 Å². The highest BCUT2D eigenvalue weighted by molar-refractivity contribution is 5.70. The van der Waals surface area contributed by atoms with E-state index in [1.807, 2.05) is 61.6 Å². The van der Waals surface area contributed by atoms with Gasteiger partial charge in [-0.25, -0.2) is 0 Å². The van der Waals surface area contributed by atoms with E-state index in [9.17, 15) is 55.9 Å². The maximum absolute atomic E-state index is 12.6. The summed E-state index contributed by atoms with van der Waals surface area (Å²) >= 11 is 0. The number of hydrogen-bond donors (Lipinski definition) is 11. The molecule has 0 spiro atoms. The monoisotopic (exact) mass is 894 g/mol. The van der Waals surface area contributed by atoms with Crippen LogP contribution in [-0.4, -0.2) is 155 Å². The first-order valence-electron chi connectivity index (χ1n) is 22.2. The minimum Gasteiger partial charge on any atom is -0.462 e. The standard InChI is InChI=1S/C47H75NO15/c1-28-18-16-14-12-10-8-6-7-9-11-13-15-17-19-36(62-46-45(58)42(48)44(57)32(5)61-46)25-40-30(3)38(53)26-47(59,63-40)27-39(54)37(52)21-20-33(49)22-34(50)23-35(51)24-41(55)60-31(4)29(2)43(28)56/h6-19,28-40,42-46,49-54,56-59H,20-27,48H2,1-5H3/b7-6+,10-8+,11-9+,14-12+,15-13+,18-16+,19-17+/t28-,29-,30+,31-,32?,33+,34+,35+,36-,37+,38-,39+,40-,42?,43+,44+,45+,46+,47-/m0/s1. The zero-order chi connectivity index (χ0) is 46.9. The van der Waals surface area contributed by atoms with Gasteiger partial charge in [0.1, 0.15) is 12.2 Å². The molecule has 2 fully saturated rings. The molecule has 3 rings (SSSR count). The van der Waals surface area contributed by atoms with Crippen LogP contribution in [0.5, 0.6) is 0 Å². The van der Waals surface area contributed by atoms with E-state index in [1.54, 1.807) is 58.1 Å². The summed E-state index contributed by atoms with van der Waals surface area (Å²) in [5, 5.41) is 108. The normalized spacial score (nSPS) is 46.6. The predicted octanol–water partition coefficient (Wildman–Crippen LogP) is 1.65. The Kier molecular flexibility index (Phi) is 23.2. The molecule has 2 unspecified atom stereocenters. The Bertz CT molecular complexity index is 1570. The molecule has 0 amide bonds. The molecule has 0 saturated carbocycles. The lowest BCUT2D eigenvalue weighted by Gasteiger charge is -2.46. The third-order valence-electron chi connectivity index (χ3n) is 12.1. The number of esters is 1. The molecule has 16 nitrogen and oxygen atoms in total. The smallest absolute Gasteiger partial charge is 0.308 e. The van der Waals surface area contributed by atoms with Crippen molar-refractivity contribution in [2.45, 2.75) is 183 Å². The van der Waals surface area contributed by atoms with Crippen LogP contribution in [0, 0.1) is 17.8 Å². The van der Waals surface area contributed by atoms with Gasteiger partial charge in [0.05, 0.1) is 79.6 Å². The number of aliphatic hydroxyl groups excluding tert-OH is 9. The topological polar surface area (TPSA) is 282 Å². The SMILES string of the molecule is CC1O[C@H](O[C@H]2/C=C/C=C/C=C/C=C/C=C/C=C/C=C/[C@H](C)[C@@H](O)[C@@H](C)[C@H](C)OC(=O)C[C@H](O)C[C@H](O)C[C@H](O)CC[C@@H](O)[C@H](O)C[C@]3(O)C[C@H](O)[C@@H](C)[C@H](C2)O3)[C@H](O)C(N)[C@@H]1O. The van der Waals surface area contributed by atoms with Crippen molar-refractivity contribution in [2.24, 2.45) is 23.5 Å². The van der Waals surface area contributed by atoms with Crippen molar-refractivity contribution < 1.29 is 74.8 Å². The highest BCUT2D eigenvalue weighted by Crippen LogP contribution is 2.38. The van der Waals surface area contributed by atoms with Crippen molar-refractivity contribution in [1.29, 1.82) is 0 Å². The lowest BCUT2D eigenvalue weighted by Crippen LogP contribution is -2.61. The number of aliphatic hydroxyl groups is 10. The van der Waals surface area contributed by atoms with Crippen LogP contribution in [0.4, 0.5) is 0 Å². The Morgan fingerprint density at radius 3 is 1.75 bits per heavy atom. The average molecular weight is 894 g/mol. The van der Waals surface area contributed by atoms with Gasteiger partial charge < -0.3 is 75.7 Å². The maximum atomic E-state index is 12.6. The summed E-state index contributed by atoms with van der Waals surface area (Å²) in [5.41, 5.74) is 6.05. The zero-order valence-electron chi connectivity index (χ0n) is 37.2. The molecule has 3 aliphatic rings. The summed E-state index contributed by atoms with van der Waals surface area (Å²) in [6, 6.07) is -1.05. The van der Waals surface area contributed by atoms with Gasteiger partial charge in [-0.15, -0.1) is 0 Å². The van der Waals surface area contributed by atoms with Gasteiger partial charge in [-0.3, -0.25) is 4.79 Å². The second kappa shape index (κ2) is 26.9. The van der Waals surface area contributed by atoms with Crippen molar-refractivity contribution >= 4 is 5.97 Å². The van der Waals surface area contributed by atoms with E-state index in [0.29, 0.717) is 0 Å². The van der Waals surface area contributed by atoms with E-state index in [2.05, 4.69) is 0 Å². The maximum Gasteiger partial charge on any atom is 0.308 e. The lowest BCUT2D eigenvalue weighted by atomic mass is 9.83. The van der Waals surface area contributed by atoms with Crippen LogP contribution < -0.4 is 5.73 Å². The number of carbonyl (C=O) groups excluding carboxylic acids is 1. The second-order valence-electron chi connectivity index (χ2n) is 17.6. The van der Waals surface area contributed by atoms with Gasteiger partial charge in [-0.2, -0.15) is 0 Å². The first-order valence-corrected chi connectivity index (χ1v) is 22.2. The summed E-state index contributed by atoms with van der Waals surface area (Å²) in [6.45, 7) is 8.60. The van der Waals surface area contributed by atoms with E-state index >= 15 is 0 Å². The lowest BCUT2D eigenvalue weighted by molar-refractivity contribution is -0.310. The molecule has 16 heteroatoms. The molecular weight excluding hydrogens is 819 g/mol. The first kappa shape index (κ1) is 54.4. The minimum absolute atomic E-state index is 0.0428. The van der Waals surface area contributed by atoms with E-state index in [0.717, 1.165) is 0 Å². The van der Waals surface area contributed by atoms with Crippen LogP contribution >= 0.6 is 0 Å². The minimum atomic E-state index is -2.08.